The fourth-order valence-electron chi connectivity index (χ4n) is 2.28. The van der Waals surface area contributed by atoms with Crippen LogP contribution in [-0.4, -0.2) is 11.9 Å². The molecule has 0 aliphatic rings. The number of hydrogen-bond donors (Lipinski definition) is 0. The lowest BCUT2D eigenvalue weighted by molar-refractivity contribution is 0.573. The van der Waals surface area contributed by atoms with Crippen molar-refractivity contribution >= 4 is 0 Å². The summed E-state index contributed by atoms with van der Waals surface area (Å²) < 4.78 is 0. The van der Waals surface area contributed by atoms with Crippen molar-refractivity contribution in [2.24, 2.45) is 0 Å². The minimum Gasteiger partial charge on any atom is -0.355 e. The third-order valence-corrected chi connectivity index (χ3v) is 4.24. The van der Waals surface area contributed by atoms with E-state index in [-0.39, 0.29) is 0 Å². The highest BCUT2D eigenvalue weighted by atomic mass is 15.1. The van der Waals surface area contributed by atoms with E-state index in [2.05, 4.69) is 83.5 Å². The molecule has 0 rings (SSSR count). The molecule has 138 valence electrons. The van der Waals surface area contributed by atoms with Crippen LogP contribution in [0.3, 0.4) is 0 Å². The van der Waals surface area contributed by atoms with Crippen molar-refractivity contribution in [1.29, 1.82) is 0 Å². The van der Waals surface area contributed by atoms with Gasteiger partial charge < -0.3 is 4.90 Å². The predicted molar refractivity (Wildman–Crippen MR) is 115 cm³/mol. The van der Waals surface area contributed by atoms with Gasteiger partial charge in [-0.2, -0.15) is 0 Å². The molecule has 0 N–H and O–H groups in total. The van der Waals surface area contributed by atoms with Gasteiger partial charge >= 0.3 is 0 Å². The van der Waals surface area contributed by atoms with Crippen molar-refractivity contribution in [1.82, 2.24) is 4.90 Å². The molecule has 25 heavy (non-hydrogen) atoms. The van der Waals surface area contributed by atoms with E-state index in [0.717, 1.165) is 31.4 Å². The lowest BCUT2D eigenvalue weighted by Crippen LogP contribution is -2.06. The van der Waals surface area contributed by atoms with E-state index in [1.807, 2.05) is 18.9 Å². The predicted octanol–water partition coefficient (Wildman–Crippen LogP) is 7.50. The number of nitrogens with zero attached hydrogens (tertiary/aromatic N) is 1. The Morgan fingerprint density at radius 2 is 1.72 bits per heavy atom. The Hall–Kier alpha value is -2.02. The molecule has 0 atom stereocenters. The summed E-state index contributed by atoms with van der Waals surface area (Å²) in [4.78, 5) is 2.04. The van der Waals surface area contributed by atoms with Crippen LogP contribution in [0.4, 0.5) is 0 Å². The summed E-state index contributed by atoms with van der Waals surface area (Å²) in [6, 6.07) is 0. The molecule has 1 heteroatoms. The zero-order valence-corrected chi connectivity index (χ0v) is 17.2. The van der Waals surface area contributed by atoms with Gasteiger partial charge in [0.2, 0.25) is 0 Å². The van der Waals surface area contributed by atoms with E-state index < -0.39 is 0 Å². The number of rotatable bonds is 11. The van der Waals surface area contributed by atoms with Crippen molar-refractivity contribution in [3.05, 3.63) is 83.8 Å². The van der Waals surface area contributed by atoms with E-state index in [4.69, 9.17) is 0 Å². The summed E-state index contributed by atoms with van der Waals surface area (Å²) >= 11 is 0. The molecule has 0 aromatic carbocycles. The summed E-state index contributed by atoms with van der Waals surface area (Å²) in [6.07, 6.45) is 19.5. The van der Waals surface area contributed by atoms with E-state index in [0.29, 0.717) is 0 Å². The molecule has 0 amide bonds. The average Bonchev–Trinajstić information content (AvgIpc) is 2.59. The van der Waals surface area contributed by atoms with E-state index in [1.165, 1.54) is 22.3 Å². The summed E-state index contributed by atoms with van der Waals surface area (Å²) in [5.74, 6) is 0. The second kappa shape index (κ2) is 13.3. The first-order valence-electron chi connectivity index (χ1n) is 9.27. The Morgan fingerprint density at radius 1 is 1.04 bits per heavy atom. The van der Waals surface area contributed by atoms with Crippen molar-refractivity contribution < 1.29 is 0 Å². The van der Waals surface area contributed by atoms with E-state index >= 15 is 0 Å². The van der Waals surface area contributed by atoms with Gasteiger partial charge in [0.25, 0.3) is 0 Å². The van der Waals surface area contributed by atoms with Crippen LogP contribution >= 0.6 is 0 Å². The van der Waals surface area contributed by atoms with Crippen molar-refractivity contribution in [2.45, 2.75) is 60.3 Å². The molecule has 0 aliphatic heterocycles. The SMILES string of the molecule is C=C(CCC)/C(C)=C/C=C(\C=C\N(C)C(=C)C)C(=C/C)/CC/C=C\C. The van der Waals surface area contributed by atoms with Crippen LogP contribution in [0.5, 0.6) is 0 Å². The van der Waals surface area contributed by atoms with Gasteiger partial charge in [0.05, 0.1) is 0 Å². The molecule has 1 nitrogen and oxygen atoms in total. The second-order valence-electron chi connectivity index (χ2n) is 6.41. The molecule has 0 saturated carbocycles. The first-order valence-corrected chi connectivity index (χ1v) is 9.27. The Bertz CT molecular complexity index is 579. The highest BCUT2D eigenvalue weighted by molar-refractivity contribution is 5.44. The highest BCUT2D eigenvalue weighted by Crippen LogP contribution is 2.21. The van der Waals surface area contributed by atoms with Gasteiger partial charge in [-0.3, -0.25) is 0 Å². The molecular weight excluding hydrogens is 302 g/mol. The minimum absolute atomic E-state index is 1.02. The van der Waals surface area contributed by atoms with Crippen molar-refractivity contribution in [3.8, 4) is 0 Å². The van der Waals surface area contributed by atoms with Gasteiger partial charge in [-0.15, -0.1) is 0 Å². The van der Waals surface area contributed by atoms with Gasteiger partial charge in [0.15, 0.2) is 0 Å². The number of allylic oxidation sites excluding steroid dienone is 11. The molecule has 0 unspecified atom stereocenters. The van der Waals surface area contributed by atoms with Crippen molar-refractivity contribution in [3.63, 3.8) is 0 Å². The molecule has 0 aromatic heterocycles. The van der Waals surface area contributed by atoms with Gasteiger partial charge in [-0.1, -0.05) is 62.5 Å². The fraction of sp³-hybridized carbons (Fsp3) is 0.417. The molecule has 0 fully saturated rings. The van der Waals surface area contributed by atoms with Gasteiger partial charge in [-0.25, -0.2) is 0 Å². The molecule has 0 heterocycles. The molecular formula is C24H37N. The third kappa shape index (κ3) is 9.76. The summed E-state index contributed by atoms with van der Waals surface area (Å²) in [6.45, 7) is 18.7. The number of hydrogen-bond acceptors (Lipinski definition) is 1. The largest absolute Gasteiger partial charge is 0.355 e. The Balaban J connectivity index is 5.57. The average molecular weight is 340 g/mol. The normalized spacial score (nSPS) is 13.8. The van der Waals surface area contributed by atoms with Gasteiger partial charge in [-0.05, 0) is 69.8 Å². The van der Waals surface area contributed by atoms with Crippen LogP contribution in [0, 0.1) is 0 Å². The van der Waals surface area contributed by atoms with Crippen LogP contribution in [0.1, 0.15) is 60.3 Å². The molecule has 0 aliphatic carbocycles. The lowest BCUT2D eigenvalue weighted by Gasteiger charge is -2.14. The monoisotopic (exact) mass is 339 g/mol. The summed E-state index contributed by atoms with van der Waals surface area (Å²) in [5, 5.41) is 0. The molecule has 0 aromatic rings. The molecule has 0 saturated heterocycles. The fourth-order valence-corrected chi connectivity index (χ4v) is 2.28. The maximum Gasteiger partial charge on any atom is 0.0108 e. The van der Waals surface area contributed by atoms with Gasteiger partial charge in [0.1, 0.15) is 0 Å². The van der Waals surface area contributed by atoms with Crippen molar-refractivity contribution in [2.75, 3.05) is 7.05 Å². The summed E-state index contributed by atoms with van der Waals surface area (Å²) in [7, 11) is 2.02. The van der Waals surface area contributed by atoms with Crippen LogP contribution < -0.4 is 0 Å². The van der Waals surface area contributed by atoms with Crippen LogP contribution in [0.25, 0.3) is 0 Å². The Labute approximate surface area is 156 Å². The van der Waals surface area contributed by atoms with E-state index in [1.54, 1.807) is 0 Å². The first kappa shape index (κ1) is 23.0. The zero-order chi connectivity index (χ0) is 19.2. The maximum absolute atomic E-state index is 4.19. The van der Waals surface area contributed by atoms with Crippen LogP contribution in [-0.2, 0) is 0 Å². The highest BCUT2D eigenvalue weighted by Gasteiger charge is 2.02. The maximum atomic E-state index is 4.19. The van der Waals surface area contributed by atoms with Crippen LogP contribution in [0.15, 0.2) is 83.8 Å². The topological polar surface area (TPSA) is 3.24 Å². The molecule has 0 spiro atoms. The van der Waals surface area contributed by atoms with Gasteiger partial charge in [0, 0.05) is 18.9 Å². The summed E-state index contributed by atoms with van der Waals surface area (Å²) in [5.41, 5.74) is 6.09. The molecule has 0 radical (unpaired) electrons. The lowest BCUT2D eigenvalue weighted by atomic mass is 9.98. The zero-order valence-electron chi connectivity index (χ0n) is 17.2. The standard InChI is InChI=1S/C24H37N/c1-9-12-13-15-23(11-3)24(18-19-25(8)20(4)5)17-16-22(7)21(6)14-10-2/h9,11-12,16-19H,4,6,10,13-15H2,1-3,5,7-8H3/b12-9-,19-18+,22-16+,23-11+,24-17+. The third-order valence-electron chi connectivity index (χ3n) is 4.24. The Morgan fingerprint density at radius 3 is 2.24 bits per heavy atom. The van der Waals surface area contributed by atoms with Crippen LogP contribution in [0.2, 0.25) is 0 Å². The van der Waals surface area contributed by atoms with E-state index in [9.17, 15) is 0 Å². The Kier molecular flexibility index (Phi) is 12.2. The minimum atomic E-state index is 1.02. The first-order chi connectivity index (χ1) is 11.9. The quantitative estimate of drug-likeness (QED) is 0.278. The smallest absolute Gasteiger partial charge is 0.0108 e. The molecule has 0 bridgehead atoms. The second-order valence-corrected chi connectivity index (χ2v) is 6.41.